The molecule has 4 nitrogen and oxygen atoms in total. The van der Waals surface area contributed by atoms with E-state index in [4.69, 9.17) is 11.6 Å². The lowest BCUT2D eigenvalue weighted by Crippen LogP contribution is -2.07. The van der Waals surface area contributed by atoms with Crippen molar-refractivity contribution in [3.8, 4) is 0 Å². The fourth-order valence-corrected chi connectivity index (χ4v) is 2.83. The van der Waals surface area contributed by atoms with Crippen LogP contribution >= 0.6 is 34.2 Å². The molecule has 3 aromatic rings. The minimum absolute atomic E-state index is 0.556. The molecule has 0 saturated heterocycles. The number of nitrogens with zero attached hydrogens (tertiary/aromatic N) is 4. The fraction of sp³-hybridized carbons (Fsp3) is 0.214. The van der Waals surface area contributed by atoms with Gasteiger partial charge in [-0.15, -0.1) is 11.6 Å². The number of alkyl halides is 1. The Kier molecular flexibility index (Phi) is 4.16. The summed E-state index contributed by atoms with van der Waals surface area (Å²) < 4.78 is 3.34. The number of aromatic nitrogens is 4. The molecule has 0 amide bonds. The van der Waals surface area contributed by atoms with E-state index in [1.54, 1.807) is 6.20 Å². The average Bonchev–Trinajstić information content (AvgIpc) is 2.77. The van der Waals surface area contributed by atoms with Crippen LogP contribution in [-0.4, -0.2) is 25.6 Å². The Morgan fingerprint density at radius 3 is 2.90 bits per heavy atom. The van der Waals surface area contributed by atoms with Crippen molar-refractivity contribution in [1.82, 2.24) is 19.7 Å². The normalized spacial score (nSPS) is 11.1. The molecule has 0 unspecified atom stereocenters. The summed E-state index contributed by atoms with van der Waals surface area (Å²) in [5.41, 5.74) is 3.03. The van der Waals surface area contributed by atoms with Crippen LogP contribution in [0.4, 0.5) is 0 Å². The second-order valence-electron chi connectivity index (χ2n) is 4.40. The topological polar surface area (TPSA) is 43.6 Å². The van der Waals surface area contributed by atoms with Crippen molar-refractivity contribution in [2.24, 2.45) is 0 Å². The van der Waals surface area contributed by atoms with Gasteiger partial charge in [-0.05, 0) is 52.9 Å². The minimum atomic E-state index is 0.556. The maximum atomic E-state index is 5.89. The molecule has 0 aliphatic heterocycles. The number of fused-ring (bicyclic) bond motifs is 1. The van der Waals surface area contributed by atoms with Crippen molar-refractivity contribution in [3.63, 3.8) is 0 Å². The van der Waals surface area contributed by atoms with E-state index in [1.807, 2.05) is 12.1 Å². The first-order valence-corrected chi connectivity index (χ1v) is 7.86. The van der Waals surface area contributed by atoms with Gasteiger partial charge in [0.15, 0.2) is 0 Å². The van der Waals surface area contributed by atoms with E-state index in [2.05, 4.69) is 60.5 Å². The van der Waals surface area contributed by atoms with E-state index in [9.17, 15) is 0 Å². The summed E-state index contributed by atoms with van der Waals surface area (Å²) in [6.07, 6.45) is 2.42. The molecule has 0 aliphatic carbocycles. The highest BCUT2D eigenvalue weighted by atomic mass is 127. The molecule has 2 aromatic heterocycles. The van der Waals surface area contributed by atoms with Gasteiger partial charge in [0.05, 0.1) is 23.3 Å². The van der Waals surface area contributed by atoms with Crippen LogP contribution in [-0.2, 0) is 13.0 Å². The van der Waals surface area contributed by atoms with Gasteiger partial charge in [-0.25, -0.2) is 4.98 Å². The summed E-state index contributed by atoms with van der Waals surface area (Å²) in [5, 5.41) is 8.07. The largest absolute Gasteiger partial charge is 0.322 e. The lowest BCUT2D eigenvalue weighted by Gasteiger charge is -2.07. The lowest BCUT2D eigenvalue weighted by atomic mass is 10.3. The summed E-state index contributed by atoms with van der Waals surface area (Å²) in [6.45, 7) is 0.664. The molecule has 3 rings (SSSR count). The summed E-state index contributed by atoms with van der Waals surface area (Å²) in [4.78, 5) is 4.68. The van der Waals surface area contributed by atoms with Crippen molar-refractivity contribution in [2.45, 2.75) is 13.0 Å². The first-order chi connectivity index (χ1) is 9.78. The maximum absolute atomic E-state index is 5.89. The molecular weight excluding hydrogens is 387 g/mol. The molecule has 0 aliphatic rings. The SMILES string of the molecule is ClCCc1nc2cc(I)ccc2n1Cc1cccnn1. The van der Waals surface area contributed by atoms with E-state index in [1.165, 1.54) is 3.57 Å². The third-order valence-electron chi connectivity index (χ3n) is 3.06. The number of benzene rings is 1. The number of aryl methyl sites for hydroxylation is 1. The second kappa shape index (κ2) is 6.05. The third kappa shape index (κ3) is 2.78. The third-order valence-corrected chi connectivity index (χ3v) is 3.92. The van der Waals surface area contributed by atoms with Crippen molar-refractivity contribution >= 4 is 45.2 Å². The smallest absolute Gasteiger partial charge is 0.111 e. The first-order valence-electron chi connectivity index (χ1n) is 6.25. The van der Waals surface area contributed by atoms with Gasteiger partial charge >= 0.3 is 0 Å². The molecule has 1 aromatic carbocycles. The molecule has 0 spiro atoms. The van der Waals surface area contributed by atoms with Gasteiger partial charge in [-0.3, -0.25) is 0 Å². The molecule has 0 atom stereocenters. The van der Waals surface area contributed by atoms with Gasteiger partial charge in [0.2, 0.25) is 0 Å². The van der Waals surface area contributed by atoms with Crippen molar-refractivity contribution < 1.29 is 0 Å². The Bertz CT molecular complexity index is 727. The van der Waals surface area contributed by atoms with Crippen LogP contribution in [0.3, 0.4) is 0 Å². The molecule has 2 heterocycles. The highest BCUT2D eigenvalue weighted by Gasteiger charge is 2.11. The molecule has 0 radical (unpaired) electrons. The summed E-state index contributed by atoms with van der Waals surface area (Å²) in [5.74, 6) is 1.54. The number of halogens is 2. The van der Waals surface area contributed by atoms with E-state index >= 15 is 0 Å². The van der Waals surface area contributed by atoms with Gasteiger partial charge in [0, 0.05) is 22.1 Å². The van der Waals surface area contributed by atoms with Crippen LogP contribution in [0.5, 0.6) is 0 Å². The second-order valence-corrected chi connectivity index (χ2v) is 6.02. The predicted molar refractivity (Wildman–Crippen MR) is 88.0 cm³/mol. The van der Waals surface area contributed by atoms with Crippen LogP contribution in [0.25, 0.3) is 11.0 Å². The van der Waals surface area contributed by atoms with Crippen molar-refractivity contribution in [2.75, 3.05) is 5.88 Å². The minimum Gasteiger partial charge on any atom is -0.322 e. The molecular formula is C14H12ClIN4. The van der Waals surface area contributed by atoms with E-state index in [-0.39, 0.29) is 0 Å². The van der Waals surface area contributed by atoms with Gasteiger partial charge < -0.3 is 4.57 Å². The number of hydrogen-bond donors (Lipinski definition) is 0. The molecule has 0 N–H and O–H groups in total. The Labute approximate surface area is 135 Å². The summed E-state index contributed by atoms with van der Waals surface area (Å²) in [6, 6.07) is 10.1. The van der Waals surface area contributed by atoms with Gasteiger partial charge in [0.1, 0.15) is 5.82 Å². The van der Waals surface area contributed by atoms with Crippen LogP contribution in [0.2, 0.25) is 0 Å². The monoisotopic (exact) mass is 398 g/mol. The first kappa shape index (κ1) is 13.8. The average molecular weight is 399 g/mol. The predicted octanol–water partition coefficient (Wildman–Crippen LogP) is 3.26. The zero-order valence-corrected chi connectivity index (χ0v) is 13.5. The van der Waals surface area contributed by atoms with Gasteiger partial charge in [0.25, 0.3) is 0 Å². The van der Waals surface area contributed by atoms with Gasteiger partial charge in [-0.2, -0.15) is 10.2 Å². The zero-order valence-electron chi connectivity index (χ0n) is 10.6. The Morgan fingerprint density at radius 2 is 2.15 bits per heavy atom. The molecule has 102 valence electrons. The molecule has 20 heavy (non-hydrogen) atoms. The van der Waals surface area contributed by atoms with Crippen LogP contribution < -0.4 is 0 Å². The Hall–Kier alpha value is -1.21. The van der Waals surface area contributed by atoms with Crippen LogP contribution in [0.1, 0.15) is 11.5 Å². The van der Waals surface area contributed by atoms with Crippen LogP contribution in [0, 0.1) is 3.57 Å². The Morgan fingerprint density at radius 1 is 1.25 bits per heavy atom. The van der Waals surface area contributed by atoms with E-state index in [0.717, 1.165) is 29.0 Å². The van der Waals surface area contributed by atoms with Gasteiger partial charge in [-0.1, -0.05) is 0 Å². The summed E-state index contributed by atoms with van der Waals surface area (Å²) >= 11 is 8.18. The molecule has 0 fully saturated rings. The van der Waals surface area contributed by atoms with Crippen molar-refractivity contribution in [3.05, 3.63) is 51.6 Å². The quantitative estimate of drug-likeness (QED) is 0.500. The number of rotatable bonds is 4. The number of imidazole rings is 1. The molecule has 0 bridgehead atoms. The molecule has 0 saturated carbocycles. The molecule has 6 heteroatoms. The highest BCUT2D eigenvalue weighted by molar-refractivity contribution is 14.1. The van der Waals surface area contributed by atoms with E-state index < -0.39 is 0 Å². The standard InChI is InChI=1S/C14H12ClIN4/c15-6-5-14-18-12-8-10(16)3-4-13(12)20(14)9-11-2-1-7-17-19-11/h1-4,7-8H,5-6,9H2. The zero-order chi connectivity index (χ0) is 13.9. The number of hydrogen-bond acceptors (Lipinski definition) is 3. The van der Waals surface area contributed by atoms with Crippen LogP contribution in [0.15, 0.2) is 36.5 Å². The maximum Gasteiger partial charge on any atom is 0.111 e. The van der Waals surface area contributed by atoms with Crippen molar-refractivity contribution in [1.29, 1.82) is 0 Å². The highest BCUT2D eigenvalue weighted by Crippen LogP contribution is 2.20. The van der Waals surface area contributed by atoms with E-state index in [0.29, 0.717) is 12.4 Å². The lowest BCUT2D eigenvalue weighted by molar-refractivity contribution is 0.724. The fourth-order valence-electron chi connectivity index (χ4n) is 2.18. The summed E-state index contributed by atoms with van der Waals surface area (Å²) in [7, 11) is 0. The Balaban J connectivity index is 2.09.